The van der Waals surface area contributed by atoms with Crippen LogP contribution in [0.5, 0.6) is 0 Å². The Morgan fingerprint density at radius 2 is 2.24 bits per heavy atom. The summed E-state index contributed by atoms with van der Waals surface area (Å²) < 4.78 is 0. The summed E-state index contributed by atoms with van der Waals surface area (Å²) in [6.07, 6.45) is 9.35. The number of hydrogen-bond acceptors (Lipinski definition) is 5. The molecule has 2 N–H and O–H groups in total. The average Bonchev–Trinajstić information content (AvgIpc) is 2.68. The Labute approximate surface area is 147 Å². The van der Waals surface area contributed by atoms with Gasteiger partial charge in [0.2, 0.25) is 0 Å². The molecule has 0 saturated carbocycles. The van der Waals surface area contributed by atoms with Crippen LogP contribution in [0.15, 0.2) is 36.8 Å². The van der Waals surface area contributed by atoms with Crippen LogP contribution in [0.1, 0.15) is 35.2 Å². The maximum Gasteiger partial charge on any atom is 0.253 e. The zero-order valence-corrected chi connectivity index (χ0v) is 14.2. The van der Waals surface area contributed by atoms with E-state index in [0.29, 0.717) is 0 Å². The number of rotatable bonds is 3. The summed E-state index contributed by atoms with van der Waals surface area (Å²) in [4.78, 5) is 23.5. The van der Waals surface area contributed by atoms with Crippen molar-refractivity contribution < 1.29 is 4.79 Å². The van der Waals surface area contributed by atoms with Crippen LogP contribution in [0.2, 0.25) is 0 Å². The number of aromatic nitrogens is 2. The van der Waals surface area contributed by atoms with Crippen molar-refractivity contribution in [2.45, 2.75) is 31.7 Å². The van der Waals surface area contributed by atoms with E-state index in [1.807, 2.05) is 12.1 Å². The van der Waals surface area contributed by atoms with Crippen LogP contribution in [0.4, 0.5) is 11.5 Å². The van der Waals surface area contributed by atoms with E-state index >= 15 is 0 Å². The highest BCUT2D eigenvalue weighted by Crippen LogP contribution is 2.26. The van der Waals surface area contributed by atoms with Crippen molar-refractivity contribution in [2.24, 2.45) is 0 Å². The van der Waals surface area contributed by atoms with Gasteiger partial charge in [0.05, 0.1) is 17.4 Å². The van der Waals surface area contributed by atoms with Gasteiger partial charge in [0.25, 0.3) is 5.91 Å². The van der Waals surface area contributed by atoms with Crippen LogP contribution in [0.25, 0.3) is 0 Å². The third-order valence-corrected chi connectivity index (χ3v) is 4.95. The maximum absolute atomic E-state index is 12.8. The number of carbonyl (C=O) groups excluding carboxylic acids is 1. The van der Waals surface area contributed by atoms with Gasteiger partial charge >= 0.3 is 0 Å². The van der Waals surface area contributed by atoms with Crippen LogP contribution in [-0.2, 0) is 6.42 Å². The Kier molecular flexibility index (Phi) is 4.50. The second kappa shape index (κ2) is 7.09. The molecular weight excluding hydrogens is 314 g/mol. The number of nitrogens with zero attached hydrogens (tertiary/aromatic N) is 3. The molecule has 0 radical (unpaired) electrons. The van der Waals surface area contributed by atoms with Crippen molar-refractivity contribution in [1.29, 1.82) is 0 Å². The van der Waals surface area contributed by atoms with E-state index in [1.165, 1.54) is 5.56 Å². The molecule has 6 nitrogen and oxygen atoms in total. The van der Waals surface area contributed by atoms with Gasteiger partial charge in [-0.05, 0) is 37.3 Å². The molecule has 0 bridgehead atoms. The highest BCUT2D eigenvalue weighted by Gasteiger charge is 2.24. The molecule has 0 spiro atoms. The molecule has 0 unspecified atom stereocenters. The molecule has 6 heteroatoms. The number of benzene rings is 1. The van der Waals surface area contributed by atoms with E-state index in [-0.39, 0.29) is 11.9 Å². The molecule has 2 aliphatic rings. The van der Waals surface area contributed by atoms with E-state index in [1.54, 1.807) is 18.6 Å². The third-order valence-electron chi connectivity index (χ3n) is 4.95. The number of aryl methyl sites for hydroxylation is 1. The first-order valence-electron chi connectivity index (χ1n) is 8.99. The van der Waals surface area contributed by atoms with Gasteiger partial charge in [-0.25, -0.2) is 4.98 Å². The first-order chi connectivity index (χ1) is 12.3. The van der Waals surface area contributed by atoms with Crippen LogP contribution in [0, 0.1) is 0 Å². The molecule has 2 aliphatic heterocycles. The SMILES string of the molecule is O=C(N[C@@H]1CCCN(c2cnccn2)C1)c1cccc2c1NCCC2. The highest BCUT2D eigenvalue weighted by atomic mass is 16.1. The normalized spacial score (nSPS) is 19.7. The van der Waals surface area contributed by atoms with E-state index in [9.17, 15) is 4.79 Å². The molecule has 25 heavy (non-hydrogen) atoms. The van der Waals surface area contributed by atoms with Gasteiger partial charge in [-0.2, -0.15) is 0 Å². The van der Waals surface area contributed by atoms with Crippen molar-refractivity contribution in [2.75, 3.05) is 29.9 Å². The minimum Gasteiger partial charge on any atom is -0.384 e. The zero-order valence-electron chi connectivity index (χ0n) is 14.2. The van der Waals surface area contributed by atoms with Crippen LogP contribution in [0.3, 0.4) is 0 Å². The minimum absolute atomic E-state index is 0.0113. The van der Waals surface area contributed by atoms with E-state index in [2.05, 4.69) is 31.6 Å². The molecule has 0 aliphatic carbocycles. The predicted molar refractivity (Wildman–Crippen MR) is 98.0 cm³/mol. The molecule has 2 aromatic rings. The lowest BCUT2D eigenvalue weighted by atomic mass is 9.98. The van der Waals surface area contributed by atoms with Crippen molar-refractivity contribution in [1.82, 2.24) is 15.3 Å². The summed E-state index contributed by atoms with van der Waals surface area (Å²) in [5.41, 5.74) is 3.00. The number of carbonyl (C=O) groups is 1. The fourth-order valence-corrected chi connectivity index (χ4v) is 3.72. The molecule has 1 fully saturated rings. The molecule has 130 valence electrons. The summed E-state index contributed by atoms with van der Waals surface area (Å²) in [5.74, 6) is 0.887. The quantitative estimate of drug-likeness (QED) is 0.899. The van der Waals surface area contributed by atoms with Crippen LogP contribution < -0.4 is 15.5 Å². The van der Waals surface area contributed by atoms with Gasteiger partial charge in [-0.3, -0.25) is 9.78 Å². The summed E-state index contributed by atoms with van der Waals surface area (Å²) in [5, 5.41) is 6.61. The molecule has 1 aromatic heterocycles. The standard InChI is InChI=1S/C19H23N5O/c25-19(16-7-1-4-14-5-2-8-22-18(14)16)23-15-6-3-11-24(13-15)17-12-20-9-10-21-17/h1,4,7,9-10,12,15,22H,2-3,5-6,8,11,13H2,(H,23,25)/t15-/m1/s1. The molecule has 1 aromatic carbocycles. The summed E-state index contributed by atoms with van der Waals surface area (Å²) in [6, 6.07) is 6.13. The topological polar surface area (TPSA) is 70.2 Å². The summed E-state index contributed by atoms with van der Waals surface area (Å²) in [7, 11) is 0. The zero-order chi connectivity index (χ0) is 17.1. The third kappa shape index (κ3) is 3.43. The van der Waals surface area contributed by atoms with Gasteiger partial charge < -0.3 is 15.5 Å². The number of amides is 1. The Morgan fingerprint density at radius 3 is 3.12 bits per heavy atom. The van der Waals surface area contributed by atoms with Crippen LogP contribution in [-0.4, -0.2) is 41.6 Å². The van der Waals surface area contributed by atoms with Crippen LogP contribution >= 0.6 is 0 Å². The number of piperidine rings is 1. The first-order valence-corrected chi connectivity index (χ1v) is 8.99. The average molecular weight is 337 g/mol. The fraction of sp³-hybridized carbons (Fsp3) is 0.421. The predicted octanol–water partition coefficient (Wildman–Crippen LogP) is 2.23. The van der Waals surface area contributed by atoms with Gasteiger partial charge in [-0.15, -0.1) is 0 Å². The highest BCUT2D eigenvalue weighted by molar-refractivity contribution is 6.00. The first kappa shape index (κ1) is 15.9. The van der Waals surface area contributed by atoms with Gasteiger partial charge in [0.1, 0.15) is 5.82 Å². The lowest BCUT2D eigenvalue weighted by Crippen LogP contribution is -2.48. The number of hydrogen-bond donors (Lipinski definition) is 2. The van der Waals surface area contributed by atoms with E-state index in [4.69, 9.17) is 0 Å². The Balaban J connectivity index is 1.46. The van der Waals surface area contributed by atoms with Gasteiger partial charge in [0.15, 0.2) is 0 Å². The molecule has 3 heterocycles. The number of nitrogens with one attached hydrogen (secondary N) is 2. The monoisotopic (exact) mass is 337 g/mol. The lowest BCUT2D eigenvalue weighted by molar-refractivity contribution is 0.0933. The van der Waals surface area contributed by atoms with Crippen molar-refractivity contribution in [3.63, 3.8) is 0 Å². The molecule has 1 saturated heterocycles. The number of anilines is 2. The van der Waals surface area contributed by atoms with Crippen molar-refractivity contribution in [3.8, 4) is 0 Å². The minimum atomic E-state index is 0.0113. The smallest absolute Gasteiger partial charge is 0.253 e. The number of fused-ring (bicyclic) bond motifs is 1. The molecule has 4 rings (SSSR count). The fourth-order valence-electron chi connectivity index (χ4n) is 3.72. The van der Waals surface area contributed by atoms with E-state index < -0.39 is 0 Å². The van der Waals surface area contributed by atoms with E-state index in [0.717, 1.165) is 62.4 Å². The Bertz CT molecular complexity index is 749. The molecule has 1 amide bonds. The second-order valence-electron chi connectivity index (χ2n) is 6.69. The molecular formula is C19H23N5O. The lowest BCUT2D eigenvalue weighted by Gasteiger charge is -2.34. The molecule has 1 atom stereocenters. The Hall–Kier alpha value is -2.63. The second-order valence-corrected chi connectivity index (χ2v) is 6.69. The Morgan fingerprint density at radius 1 is 1.28 bits per heavy atom. The van der Waals surface area contributed by atoms with Crippen molar-refractivity contribution in [3.05, 3.63) is 47.9 Å². The maximum atomic E-state index is 12.8. The summed E-state index contributed by atoms with van der Waals surface area (Å²) in [6.45, 7) is 2.65. The van der Waals surface area contributed by atoms with Gasteiger partial charge in [-0.1, -0.05) is 12.1 Å². The van der Waals surface area contributed by atoms with Crippen molar-refractivity contribution >= 4 is 17.4 Å². The van der Waals surface area contributed by atoms with Gasteiger partial charge in [0, 0.05) is 38.1 Å². The summed E-state index contributed by atoms with van der Waals surface area (Å²) >= 11 is 0. The largest absolute Gasteiger partial charge is 0.384 e. The number of para-hydroxylation sites is 1.